The van der Waals surface area contributed by atoms with E-state index >= 15 is 0 Å². The van der Waals surface area contributed by atoms with Gasteiger partial charge in [0.05, 0.1) is 10.5 Å². The average Bonchev–Trinajstić information content (AvgIpc) is 2.69. The molecule has 1 N–H and O–H groups in total. The number of halogens is 1. The number of aryl methyl sites for hydroxylation is 1. The second-order valence-corrected chi connectivity index (χ2v) is 4.40. The Bertz CT molecular complexity index is 462. The van der Waals surface area contributed by atoms with Gasteiger partial charge in [0.2, 0.25) is 0 Å². The van der Waals surface area contributed by atoms with Gasteiger partial charge in [-0.3, -0.25) is 0 Å². The number of fused-ring (bicyclic) bond motifs is 1. The number of rotatable bonds is 5. The Morgan fingerprint density at radius 1 is 1.25 bits per heavy atom. The van der Waals surface area contributed by atoms with Gasteiger partial charge in [0, 0.05) is 18.1 Å². The Balaban J connectivity index is 2.12. The van der Waals surface area contributed by atoms with Crippen molar-refractivity contribution in [3.05, 3.63) is 35.5 Å². The predicted octanol–water partition coefficient (Wildman–Crippen LogP) is 3.29. The highest BCUT2D eigenvalue weighted by Crippen LogP contribution is 2.24. The van der Waals surface area contributed by atoms with Crippen LogP contribution in [0.4, 0.5) is 0 Å². The molecule has 2 aromatic rings. The van der Waals surface area contributed by atoms with E-state index in [1.807, 2.05) is 19.2 Å². The maximum Gasteiger partial charge on any atom is 0.0669 e. The molecule has 0 radical (unpaired) electrons. The van der Waals surface area contributed by atoms with Crippen molar-refractivity contribution in [3.8, 4) is 0 Å². The summed E-state index contributed by atoms with van der Waals surface area (Å²) in [6.45, 7) is 2.11. The lowest BCUT2D eigenvalue weighted by atomic mass is 10.2. The van der Waals surface area contributed by atoms with Crippen LogP contribution in [0.1, 0.15) is 12.8 Å². The van der Waals surface area contributed by atoms with E-state index in [9.17, 15) is 0 Å². The summed E-state index contributed by atoms with van der Waals surface area (Å²) in [7, 11) is 1.99. The number of unbranched alkanes of at least 4 members (excludes halogenated alkanes) is 1. The fraction of sp³-hybridized carbons (Fsp3) is 0.385. The molecule has 3 heteroatoms. The van der Waals surface area contributed by atoms with Crippen LogP contribution in [0, 0.1) is 0 Å². The fourth-order valence-electron chi connectivity index (χ4n) is 1.98. The Morgan fingerprint density at radius 3 is 2.94 bits per heavy atom. The normalized spacial score (nSPS) is 11.1. The van der Waals surface area contributed by atoms with Crippen molar-refractivity contribution in [1.82, 2.24) is 9.88 Å². The summed E-state index contributed by atoms with van der Waals surface area (Å²) in [6, 6.07) is 8.18. The zero-order chi connectivity index (χ0) is 11.4. The topological polar surface area (TPSA) is 17.0 Å². The van der Waals surface area contributed by atoms with Crippen molar-refractivity contribution in [3.63, 3.8) is 0 Å². The molecular formula is C13H17ClN2. The first kappa shape index (κ1) is 11.5. The lowest BCUT2D eigenvalue weighted by Gasteiger charge is -2.06. The zero-order valence-electron chi connectivity index (χ0n) is 9.54. The molecule has 0 bridgehead atoms. The van der Waals surface area contributed by atoms with Crippen LogP contribution in [-0.4, -0.2) is 18.2 Å². The Hall–Kier alpha value is -0.990. The molecular weight excluding hydrogens is 220 g/mol. The predicted molar refractivity (Wildman–Crippen MR) is 70.1 cm³/mol. The Morgan fingerprint density at radius 2 is 2.12 bits per heavy atom. The number of nitrogens with one attached hydrogen (secondary N) is 1. The Labute approximate surface area is 101 Å². The first-order valence-corrected chi connectivity index (χ1v) is 6.08. The minimum absolute atomic E-state index is 0.844. The van der Waals surface area contributed by atoms with E-state index in [0.717, 1.165) is 23.6 Å². The molecule has 1 heterocycles. The van der Waals surface area contributed by atoms with Gasteiger partial charge in [-0.1, -0.05) is 23.7 Å². The van der Waals surface area contributed by atoms with Crippen molar-refractivity contribution in [2.24, 2.45) is 0 Å². The van der Waals surface area contributed by atoms with Gasteiger partial charge in [-0.25, -0.2) is 0 Å². The largest absolute Gasteiger partial charge is 0.346 e. The van der Waals surface area contributed by atoms with Crippen LogP contribution in [0.2, 0.25) is 5.02 Å². The highest BCUT2D eigenvalue weighted by molar-refractivity contribution is 6.35. The summed E-state index contributed by atoms with van der Waals surface area (Å²) < 4.78 is 2.24. The monoisotopic (exact) mass is 236 g/mol. The summed E-state index contributed by atoms with van der Waals surface area (Å²) in [5.74, 6) is 0. The van der Waals surface area contributed by atoms with Crippen LogP contribution in [0.15, 0.2) is 30.5 Å². The van der Waals surface area contributed by atoms with Gasteiger partial charge >= 0.3 is 0 Å². The van der Waals surface area contributed by atoms with E-state index in [4.69, 9.17) is 11.6 Å². The Kier molecular flexibility index (Phi) is 3.86. The summed E-state index contributed by atoms with van der Waals surface area (Å²) in [4.78, 5) is 0. The molecule has 0 fully saturated rings. The highest BCUT2D eigenvalue weighted by Gasteiger charge is 2.03. The summed E-state index contributed by atoms with van der Waals surface area (Å²) in [6.07, 6.45) is 4.49. The minimum Gasteiger partial charge on any atom is -0.346 e. The molecule has 0 amide bonds. The first-order valence-electron chi connectivity index (χ1n) is 5.71. The summed E-state index contributed by atoms with van der Waals surface area (Å²) in [5, 5.41) is 5.23. The molecule has 0 unspecified atom stereocenters. The average molecular weight is 237 g/mol. The van der Waals surface area contributed by atoms with Gasteiger partial charge in [0.15, 0.2) is 0 Å². The quantitative estimate of drug-likeness (QED) is 0.789. The first-order chi connectivity index (χ1) is 7.83. The van der Waals surface area contributed by atoms with Gasteiger partial charge < -0.3 is 9.88 Å². The molecule has 0 saturated carbocycles. The molecule has 86 valence electrons. The molecule has 0 aliphatic heterocycles. The smallest absolute Gasteiger partial charge is 0.0669 e. The van der Waals surface area contributed by atoms with Gasteiger partial charge in [0.1, 0.15) is 0 Å². The van der Waals surface area contributed by atoms with Crippen LogP contribution in [0.3, 0.4) is 0 Å². The summed E-state index contributed by atoms with van der Waals surface area (Å²) in [5.41, 5.74) is 1.16. The molecule has 16 heavy (non-hydrogen) atoms. The van der Waals surface area contributed by atoms with Crippen molar-refractivity contribution < 1.29 is 0 Å². The SMILES string of the molecule is CNCCCCn1ccc2cccc(Cl)c21. The molecule has 2 nitrogen and oxygen atoms in total. The molecule has 0 saturated heterocycles. The van der Waals surface area contributed by atoms with Crippen molar-refractivity contribution in [2.75, 3.05) is 13.6 Å². The number of hydrogen-bond acceptors (Lipinski definition) is 1. The third kappa shape index (κ3) is 2.39. The molecule has 0 aliphatic rings. The van der Waals surface area contributed by atoms with Crippen LogP contribution in [0.5, 0.6) is 0 Å². The highest BCUT2D eigenvalue weighted by atomic mass is 35.5. The van der Waals surface area contributed by atoms with E-state index < -0.39 is 0 Å². The van der Waals surface area contributed by atoms with Gasteiger partial charge in [-0.05, 0) is 38.6 Å². The third-order valence-electron chi connectivity index (χ3n) is 2.82. The second-order valence-electron chi connectivity index (χ2n) is 4.00. The van der Waals surface area contributed by atoms with Gasteiger partial charge in [0.25, 0.3) is 0 Å². The lowest BCUT2D eigenvalue weighted by molar-refractivity contribution is 0.603. The number of benzene rings is 1. The molecule has 0 spiro atoms. The van der Waals surface area contributed by atoms with E-state index in [0.29, 0.717) is 0 Å². The third-order valence-corrected chi connectivity index (χ3v) is 3.12. The lowest BCUT2D eigenvalue weighted by Crippen LogP contribution is -2.08. The van der Waals surface area contributed by atoms with Crippen LogP contribution < -0.4 is 5.32 Å². The number of para-hydroxylation sites is 1. The van der Waals surface area contributed by atoms with Crippen molar-refractivity contribution in [1.29, 1.82) is 0 Å². The van der Waals surface area contributed by atoms with Gasteiger partial charge in [-0.15, -0.1) is 0 Å². The van der Waals surface area contributed by atoms with Crippen molar-refractivity contribution >= 4 is 22.5 Å². The van der Waals surface area contributed by atoms with Crippen LogP contribution in [-0.2, 0) is 6.54 Å². The van der Waals surface area contributed by atoms with Crippen LogP contribution in [0.25, 0.3) is 10.9 Å². The van der Waals surface area contributed by atoms with Crippen molar-refractivity contribution in [2.45, 2.75) is 19.4 Å². The molecule has 1 aromatic carbocycles. The van der Waals surface area contributed by atoms with Gasteiger partial charge in [-0.2, -0.15) is 0 Å². The van der Waals surface area contributed by atoms with E-state index in [-0.39, 0.29) is 0 Å². The number of nitrogens with zero attached hydrogens (tertiary/aromatic N) is 1. The number of hydrogen-bond donors (Lipinski definition) is 1. The zero-order valence-corrected chi connectivity index (χ0v) is 10.3. The second kappa shape index (κ2) is 5.37. The minimum atomic E-state index is 0.844. The van der Waals surface area contributed by atoms with E-state index in [1.54, 1.807) is 0 Å². The molecule has 1 aromatic heterocycles. The fourth-order valence-corrected chi connectivity index (χ4v) is 2.27. The summed E-state index contributed by atoms with van der Waals surface area (Å²) >= 11 is 6.21. The van der Waals surface area contributed by atoms with E-state index in [1.165, 1.54) is 18.2 Å². The maximum atomic E-state index is 6.21. The number of aromatic nitrogens is 1. The standard InChI is InChI=1S/C13H17ClN2/c1-15-8-2-3-9-16-10-7-11-5-4-6-12(14)13(11)16/h4-7,10,15H,2-3,8-9H2,1H3. The molecule has 0 aliphatic carbocycles. The maximum absolute atomic E-state index is 6.21. The molecule has 0 atom stereocenters. The van der Waals surface area contributed by atoms with E-state index in [2.05, 4.69) is 28.2 Å². The molecule has 2 rings (SSSR count). The van der Waals surface area contributed by atoms with Crippen LogP contribution >= 0.6 is 11.6 Å².